The SMILES string of the molecule is O=C(COc1ccc2c(=O)c(Oc3ccccc3Cl)c(C(F)(F)F)oc2c1)NCc1ccccc1. The molecule has 0 bridgehead atoms. The normalized spacial score (nSPS) is 11.3. The first-order chi connectivity index (χ1) is 16.7. The number of hydrogen-bond acceptors (Lipinski definition) is 5. The fourth-order valence-corrected chi connectivity index (χ4v) is 3.33. The zero-order valence-electron chi connectivity index (χ0n) is 17.9. The fraction of sp³-hybridized carbons (Fsp3) is 0.120. The van der Waals surface area contributed by atoms with Crippen LogP contribution in [-0.2, 0) is 17.5 Å². The summed E-state index contributed by atoms with van der Waals surface area (Å²) in [6.07, 6.45) is -5.03. The fourth-order valence-electron chi connectivity index (χ4n) is 3.16. The van der Waals surface area contributed by atoms with Gasteiger partial charge in [-0.15, -0.1) is 0 Å². The Balaban J connectivity index is 1.57. The van der Waals surface area contributed by atoms with Gasteiger partial charge in [-0.05, 0) is 29.8 Å². The molecule has 10 heteroatoms. The number of halogens is 4. The van der Waals surface area contributed by atoms with Crippen LogP contribution >= 0.6 is 11.6 Å². The number of nitrogens with one attached hydrogen (secondary N) is 1. The Hall–Kier alpha value is -3.98. The highest BCUT2D eigenvalue weighted by molar-refractivity contribution is 6.32. The average molecular weight is 504 g/mol. The van der Waals surface area contributed by atoms with Crippen LogP contribution in [0.2, 0.25) is 5.02 Å². The molecule has 4 aromatic rings. The molecule has 1 amide bonds. The van der Waals surface area contributed by atoms with Gasteiger partial charge in [0.05, 0.1) is 10.4 Å². The molecule has 6 nitrogen and oxygen atoms in total. The summed E-state index contributed by atoms with van der Waals surface area (Å²) in [5.41, 5.74) is -0.524. The molecule has 0 fully saturated rings. The molecule has 0 radical (unpaired) electrons. The van der Waals surface area contributed by atoms with Crippen LogP contribution in [0.3, 0.4) is 0 Å². The van der Waals surface area contributed by atoms with Crippen molar-refractivity contribution in [2.24, 2.45) is 0 Å². The molecule has 180 valence electrons. The highest BCUT2D eigenvalue weighted by atomic mass is 35.5. The average Bonchev–Trinajstić information content (AvgIpc) is 2.84. The van der Waals surface area contributed by atoms with Gasteiger partial charge in [0.1, 0.15) is 17.1 Å². The van der Waals surface area contributed by atoms with E-state index >= 15 is 0 Å². The summed E-state index contributed by atoms with van der Waals surface area (Å²) in [6.45, 7) is -0.0961. The van der Waals surface area contributed by atoms with E-state index in [1.54, 1.807) is 6.07 Å². The van der Waals surface area contributed by atoms with E-state index in [0.717, 1.165) is 11.6 Å². The molecule has 1 N–H and O–H groups in total. The lowest BCUT2D eigenvalue weighted by Crippen LogP contribution is -2.28. The Bertz CT molecular complexity index is 1420. The second-order valence-electron chi connectivity index (χ2n) is 7.33. The quantitative estimate of drug-likeness (QED) is 0.337. The van der Waals surface area contributed by atoms with Crippen LogP contribution in [0.1, 0.15) is 11.3 Å². The molecular formula is C25H17ClF3NO5. The Labute approximate surface area is 201 Å². The molecule has 0 saturated heterocycles. The lowest BCUT2D eigenvalue weighted by molar-refractivity contribution is -0.154. The molecule has 0 unspecified atom stereocenters. The molecule has 0 spiro atoms. The third-order valence-corrected chi connectivity index (χ3v) is 5.14. The molecule has 3 aromatic carbocycles. The van der Waals surface area contributed by atoms with E-state index in [4.69, 9.17) is 25.5 Å². The van der Waals surface area contributed by atoms with Crippen molar-refractivity contribution in [3.05, 3.63) is 99.4 Å². The van der Waals surface area contributed by atoms with Gasteiger partial charge in [0.25, 0.3) is 11.7 Å². The predicted octanol–water partition coefficient (Wildman–Crippen LogP) is 5.95. The molecule has 0 aliphatic rings. The Morgan fingerprint density at radius 2 is 1.71 bits per heavy atom. The molecule has 1 aromatic heterocycles. The van der Waals surface area contributed by atoms with Gasteiger partial charge < -0.3 is 19.2 Å². The largest absolute Gasteiger partial charge is 0.484 e. The smallest absolute Gasteiger partial charge is 0.453 e. The van der Waals surface area contributed by atoms with Crippen LogP contribution in [0, 0.1) is 0 Å². The van der Waals surface area contributed by atoms with Gasteiger partial charge in [0.15, 0.2) is 6.61 Å². The van der Waals surface area contributed by atoms with Crippen molar-refractivity contribution in [2.75, 3.05) is 6.61 Å². The number of carbonyl (C=O) groups excluding carboxylic acids is 1. The highest BCUT2D eigenvalue weighted by Crippen LogP contribution is 2.39. The van der Waals surface area contributed by atoms with Gasteiger partial charge in [0.2, 0.25) is 11.2 Å². The van der Waals surface area contributed by atoms with Gasteiger partial charge in [-0.25, -0.2) is 0 Å². The second-order valence-corrected chi connectivity index (χ2v) is 7.74. The second kappa shape index (κ2) is 10.1. The van der Waals surface area contributed by atoms with Gasteiger partial charge in [-0.1, -0.05) is 54.1 Å². The first-order valence-corrected chi connectivity index (χ1v) is 10.6. The molecule has 1 heterocycles. The van der Waals surface area contributed by atoms with Crippen LogP contribution in [0.25, 0.3) is 11.0 Å². The van der Waals surface area contributed by atoms with Crippen molar-refractivity contribution in [1.29, 1.82) is 0 Å². The van der Waals surface area contributed by atoms with Crippen molar-refractivity contribution >= 4 is 28.5 Å². The Morgan fingerprint density at radius 1 is 1.00 bits per heavy atom. The molecule has 0 atom stereocenters. The maximum Gasteiger partial charge on any atom is 0.453 e. The zero-order valence-corrected chi connectivity index (χ0v) is 18.7. The summed E-state index contributed by atoms with van der Waals surface area (Å²) in [5.74, 6) is -3.18. The van der Waals surface area contributed by atoms with Crippen LogP contribution in [0.4, 0.5) is 13.2 Å². The molecular weight excluding hydrogens is 487 g/mol. The van der Waals surface area contributed by atoms with Crippen LogP contribution in [0.5, 0.6) is 17.2 Å². The standard InChI is InChI=1S/C25H17ClF3NO5/c26-18-8-4-5-9-19(18)34-23-22(32)17-11-10-16(12-20(17)35-24(23)25(27,28)29)33-14-21(31)30-13-15-6-2-1-3-7-15/h1-12H,13-14H2,(H,30,31). The van der Waals surface area contributed by atoms with Gasteiger partial charge in [-0.2, -0.15) is 13.2 Å². The van der Waals surface area contributed by atoms with Gasteiger partial charge >= 0.3 is 6.18 Å². The number of ether oxygens (including phenoxy) is 2. The van der Waals surface area contributed by atoms with E-state index in [9.17, 15) is 22.8 Å². The van der Waals surface area contributed by atoms with Crippen LogP contribution in [-0.4, -0.2) is 12.5 Å². The van der Waals surface area contributed by atoms with E-state index in [-0.39, 0.29) is 34.1 Å². The lowest BCUT2D eigenvalue weighted by Gasteiger charge is -2.14. The van der Waals surface area contributed by atoms with Crippen LogP contribution < -0.4 is 20.2 Å². The summed E-state index contributed by atoms with van der Waals surface area (Å²) in [7, 11) is 0. The molecule has 35 heavy (non-hydrogen) atoms. The number of rotatable bonds is 7. The van der Waals surface area contributed by atoms with Crippen LogP contribution in [0.15, 0.2) is 82.0 Å². The third-order valence-electron chi connectivity index (χ3n) is 4.83. The van der Waals surface area contributed by atoms with Crippen molar-refractivity contribution in [3.8, 4) is 17.2 Å². The molecule has 0 aliphatic carbocycles. The highest BCUT2D eigenvalue weighted by Gasteiger charge is 2.40. The summed E-state index contributed by atoms with van der Waals surface area (Å²) < 4.78 is 56.8. The minimum atomic E-state index is -5.03. The predicted molar refractivity (Wildman–Crippen MR) is 123 cm³/mol. The summed E-state index contributed by atoms with van der Waals surface area (Å²) in [6, 6.07) is 18.7. The lowest BCUT2D eigenvalue weighted by atomic mass is 10.2. The number of fused-ring (bicyclic) bond motifs is 1. The maximum absolute atomic E-state index is 13.7. The third kappa shape index (κ3) is 5.75. The topological polar surface area (TPSA) is 77.8 Å². The zero-order chi connectivity index (χ0) is 25.0. The first-order valence-electron chi connectivity index (χ1n) is 10.3. The number of amides is 1. The van der Waals surface area contributed by atoms with Crippen molar-refractivity contribution in [1.82, 2.24) is 5.32 Å². The van der Waals surface area contributed by atoms with E-state index in [1.165, 1.54) is 30.3 Å². The maximum atomic E-state index is 13.7. The Kier molecular flexibility index (Phi) is 6.97. The monoisotopic (exact) mass is 503 g/mol. The summed E-state index contributed by atoms with van der Waals surface area (Å²) in [5, 5.41) is 2.52. The van der Waals surface area contributed by atoms with E-state index in [1.807, 2.05) is 30.3 Å². The van der Waals surface area contributed by atoms with Crippen molar-refractivity contribution in [2.45, 2.75) is 12.7 Å². The molecule has 0 saturated carbocycles. The van der Waals surface area contributed by atoms with Gasteiger partial charge in [-0.3, -0.25) is 9.59 Å². The number of carbonyl (C=O) groups is 1. The van der Waals surface area contributed by atoms with Crippen molar-refractivity contribution in [3.63, 3.8) is 0 Å². The number of alkyl halides is 3. The minimum absolute atomic E-state index is 0.0226. The number of para-hydroxylation sites is 1. The number of benzene rings is 3. The van der Waals surface area contributed by atoms with E-state index < -0.39 is 29.0 Å². The van der Waals surface area contributed by atoms with Gasteiger partial charge in [0, 0.05) is 12.6 Å². The van der Waals surface area contributed by atoms with Crippen molar-refractivity contribution < 1.29 is 31.9 Å². The summed E-state index contributed by atoms with van der Waals surface area (Å²) >= 11 is 5.96. The minimum Gasteiger partial charge on any atom is -0.484 e. The van der Waals surface area contributed by atoms with E-state index in [2.05, 4.69) is 5.32 Å². The summed E-state index contributed by atoms with van der Waals surface area (Å²) in [4.78, 5) is 24.9. The number of hydrogen-bond donors (Lipinski definition) is 1. The Morgan fingerprint density at radius 3 is 2.43 bits per heavy atom. The van der Waals surface area contributed by atoms with E-state index in [0.29, 0.717) is 6.54 Å². The molecule has 0 aliphatic heterocycles. The first kappa shape index (κ1) is 24.2. The molecule has 4 rings (SSSR count).